The molecule has 4 heteroatoms. The molecule has 0 aliphatic rings. The summed E-state index contributed by atoms with van der Waals surface area (Å²) in [5.74, 6) is -0.146. The highest BCUT2D eigenvalue weighted by Crippen LogP contribution is 2.27. The number of hydrogen-bond donors (Lipinski definition) is 1. The van der Waals surface area contributed by atoms with Crippen molar-refractivity contribution in [3.63, 3.8) is 0 Å². The van der Waals surface area contributed by atoms with E-state index in [0.29, 0.717) is 16.3 Å². The Morgan fingerprint density at radius 3 is 2.58 bits per heavy atom. The number of aryl methyl sites for hydroxylation is 2. The lowest BCUT2D eigenvalue weighted by Crippen LogP contribution is -2.13. The van der Waals surface area contributed by atoms with Crippen molar-refractivity contribution in [2.45, 2.75) is 13.8 Å². The molecule has 1 amide bonds. The van der Waals surface area contributed by atoms with Crippen molar-refractivity contribution in [1.82, 2.24) is 0 Å². The van der Waals surface area contributed by atoms with Gasteiger partial charge in [-0.25, -0.2) is 0 Å². The normalized spacial score (nSPS) is 10.3. The van der Waals surface area contributed by atoms with E-state index in [-0.39, 0.29) is 5.91 Å². The fourth-order valence-electron chi connectivity index (χ4n) is 1.89. The minimum Gasteiger partial charge on any atom is -0.320 e. The van der Waals surface area contributed by atoms with E-state index in [4.69, 9.17) is 11.6 Å². The zero-order valence-electron chi connectivity index (χ0n) is 10.6. The molecule has 0 aliphatic carbocycles. The highest BCUT2D eigenvalue weighted by atomic mass is 127. The highest BCUT2D eigenvalue weighted by molar-refractivity contribution is 14.1. The van der Waals surface area contributed by atoms with Gasteiger partial charge >= 0.3 is 0 Å². The molecule has 0 saturated heterocycles. The largest absolute Gasteiger partial charge is 0.320 e. The molecule has 0 aromatic heterocycles. The Hall–Kier alpha value is -1.07. The third-order valence-electron chi connectivity index (χ3n) is 2.76. The number of hydrogen-bond acceptors (Lipinski definition) is 1. The van der Waals surface area contributed by atoms with Gasteiger partial charge in [-0.05, 0) is 71.8 Å². The Bertz CT molecular complexity index is 617. The number of halogens is 2. The topological polar surface area (TPSA) is 29.1 Å². The summed E-state index contributed by atoms with van der Waals surface area (Å²) in [6.07, 6.45) is 0. The van der Waals surface area contributed by atoms with Gasteiger partial charge in [0, 0.05) is 9.13 Å². The first kappa shape index (κ1) is 14.3. The molecule has 0 aliphatic heterocycles. The van der Waals surface area contributed by atoms with Gasteiger partial charge in [0.25, 0.3) is 5.91 Å². The van der Waals surface area contributed by atoms with E-state index in [0.717, 1.165) is 14.7 Å². The lowest BCUT2D eigenvalue weighted by Gasteiger charge is -2.11. The highest BCUT2D eigenvalue weighted by Gasteiger charge is 2.11. The van der Waals surface area contributed by atoms with Crippen LogP contribution < -0.4 is 5.32 Å². The van der Waals surface area contributed by atoms with Crippen LogP contribution in [0.3, 0.4) is 0 Å². The second-order valence-corrected chi connectivity index (χ2v) is 6.06. The van der Waals surface area contributed by atoms with Crippen molar-refractivity contribution in [2.24, 2.45) is 0 Å². The maximum Gasteiger partial charge on any atom is 0.255 e. The Balaban J connectivity index is 2.29. The number of rotatable bonds is 2. The molecule has 0 saturated carbocycles. The van der Waals surface area contributed by atoms with Crippen molar-refractivity contribution in [2.75, 3.05) is 5.32 Å². The average molecular weight is 386 g/mol. The summed E-state index contributed by atoms with van der Waals surface area (Å²) in [5.41, 5.74) is 3.35. The number of carbonyl (C=O) groups excluding carboxylic acids is 1. The minimum atomic E-state index is -0.146. The molecule has 0 spiro atoms. The van der Waals surface area contributed by atoms with Gasteiger partial charge in [-0.15, -0.1) is 0 Å². The summed E-state index contributed by atoms with van der Waals surface area (Å²) in [7, 11) is 0. The van der Waals surface area contributed by atoms with Crippen LogP contribution in [0.25, 0.3) is 0 Å². The van der Waals surface area contributed by atoms with E-state index < -0.39 is 0 Å². The quantitative estimate of drug-likeness (QED) is 0.738. The molecular formula is C15H13ClINO. The van der Waals surface area contributed by atoms with Gasteiger partial charge in [0.2, 0.25) is 0 Å². The Labute approximate surface area is 131 Å². The van der Waals surface area contributed by atoms with Gasteiger partial charge in [0.05, 0.1) is 10.7 Å². The number of benzene rings is 2. The van der Waals surface area contributed by atoms with Crippen LogP contribution in [-0.2, 0) is 0 Å². The van der Waals surface area contributed by atoms with Crippen molar-refractivity contribution >= 4 is 45.8 Å². The van der Waals surface area contributed by atoms with E-state index in [1.807, 2.05) is 44.2 Å². The van der Waals surface area contributed by atoms with Gasteiger partial charge in [-0.1, -0.05) is 23.7 Å². The van der Waals surface area contributed by atoms with Crippen molar-refractivity contribution in [1.29, 1.82) is 0 Å². The molecular weight excluding hydrogens is 373 g/mol. The average Bonchev–Trinajstić information content (AvgIpc) is 2.33. The fourth-order valence-corrected chi connectivity index (χ4v) is 2.80. The molecule has 2 nitrogen and oxygen atoms in total. The predicted octanol–water partition coefficient (Wildman–Crippen LogP) is 4.81. The van der Waals surface area contributed by atoms with Crippen LogP contribution in [0.1, 0.15) is 21.5 Å². The first-order valence-corrected chi connectivity index (χ1v) is 7.26. The first-order valence-electron chi connectivity index (χ1n) is 5.81. The molecule has 19 heavy (non-hydrogen) atoms. The van der Waals surface area contributed by atoms with Crippen LogP contribution in [0.4, 0.5) is 5.69 Å². The molecule has 0 fully saturated rings. The fraction of sp³-hybridized carbons (Fsp3) is 0.133. The standard InChI is InChI=1S/C15H13ClINO/c1-9-6-10(2)14(13(16)7-9)18-15(19)11-4-3-5-12(17)8-11/h3-8H,1-2H3,(H,18,19). The van der Waals surface area contributed by atoms with Crippen LogP contribution >= 0.6 is 34.2 Å². The Morgan fingerprint density at radius 1 is 1.21 bits per heavy atom. The molecule has 2 aromatic carbocycles. The second kappa shape index (κ2) is 5.92. The lowest BCUT2D eigenvalue weighted by molar-refractivity contribution is 0.102. The summed E-state index contributed by atoms with van der Waals surface area (Å²) in [6.45, 7) is 3.91. The van der Waals surface area contributed by atoms with Crippen molar-refractivity contribution in [3.8, 4) is 0 Å². The van der Waals surface area contributed by atoms with Crippen LogP contribution in [0.5, 0.6) is 0 Å². The zero-order valence-corrected chi connectivity index (χ0v) is 13.5. The van der Waals surface area contributed by atoms with Gasteiger partial charge in [-0.2, -0.15) is 0 Å². The van der Waals surface area contributed by atoms with E-state index in [1.165, 1.54) is 0 Å². The maximum atomic E-state index is 12.2. The molecule has 0 radical (unpaired) electrons. The Morgan fingerprint density at radius 2 is 1.95 bits per heavy atom. The van der Waals surface area contributed by atoms with Gasteiger partial charge in [0.15, 0.2) is 0 Å². The van der Waals surface area contributed by atoms with Crippen LogP contribution in [-0.4, -0.2) is 5.91 Å². The van der Waals surface area contributed by atoms with E-state index >= 15 is 0 Å². The predicted molar refractivity (Wildman–Crippen MR) is 88.0 cm³/mol. The summed E-state index contributed by atoms with van der Waals surface area (Å²) in [4.78, 5) is 12.2. The van der Waals surface area contributed by atoms with Gasteiger partial charge < -0.3 is 5.32 Å². The van der Waals surface area contributed by atoms with E-state index in [2.05, 4.69) is 27.9 Å². The molecule has 0 bridgehead atoms. The molecule has 0 atom stereocenters. The molecule has 0 unspecified atom stereocenters. The number of carbonyl (C=O) groups is 1. The van der Waals surface area contributed by atoms with Crippen LogP contribution in [0.15, 0.2) is 36.4 Å². The molecule has 2 rings (SSSR count). The van der Waals surface area contributed by atoms with E-state index in [1.54, 1.807) is 6.07 Å². The molecule has 1 N–H and O–H groups in total. The number of nitrogens with one attached hydrogen (secondary N) is 1. The third-order valence-corrected chi connectivity index (χ3v) is 3.73. The SMILES string of the molecule is Cc1cc(C)c(NC(=O)c2cccc(I)c2)c(Cl)c1. The van der Waals surface area contributed by atoms with Crippen molar-refractivity contribution in [3.05, 3.63) is 61.7 Å². The van der Waals surface area contributed by atoms with Crippen LogP contribution in [0.2, 0.25) is 5.02 Å². The number of anilines is 1. The summed E-state index contributed by atoms with van der Waals surface area (Å²) in [5, 5.41) is 3.44. The van der Waals surface area contributed by atoms with Gasteiger partial charge in [0.1, 0.15) is 0 Å². The zero-order chi connectivity index (χ0) is 14.0. The minimum absolute atomic E-state index is 0.146. The third kappa shape index (κ3) is 3.48. The van der Waals surface area contributed by atoms with E-state index in [9.17, 15) is 4.79 Å². The first-order chi connectivity index (χ1) is 8.97. The summed E-state index contributed by atoms with van der Waals surface area (Å²) < 4.78 is 1.02. The summed E-state index contributed by atoms with van der Waals surface area (Å²) >= 11 is 8.36. The van der Waals surface area contributed by atoms with Crippen LogP contribution in [0, 0.1) is 17.4 Å². The monoisotopic (exact) mass is 385 g/mol. The molecule has 98 valence electrons. The summed E-state index contributed by atoms with van der Waals surface area (Å²) in [6, 6.07) is 11.3. The lowest BCUT2D eigenvalue weighted by atomic mass is 10.1. The maximum absolute atomic E-state index is 12.2. The van der Waals surface area contributed by atoms with Crippen molar-refractivity contribution < 1.29 is 4.79 Å². The van der Waals surface area contributed by atoms with Gasteiger partial charge in [-0.3, -0.25) is 4.79 Å². The molecule has 0 heterocycles. The number of amides is 1. The second-order valence-electron chi connectivity index (χ2n) is 4.40. The smallest absolute Gasteiger partial charge is 0.255 e. The Kier molecular flexibility index (Phi) is 4.47. The molecule has 2 aromatic rings.